The Morgan fingerprint density at radius 2 is 1.77 bits per heavy atom. The van der Waals surface area contributed by atoms with Crippen molar-refractivity contribution in [2.24, 2.45) is 0 Å². The molecule has 2 amide bonds. The van der Waals surface area contributed by atoms with E-state index < -0.39 is 0 Å². The quantitative estimate of drug-likeness (QED) is 0.758. The molecule has 2 aromatic rings. The molecule has 0 bridgehead atoms. The molecule has 0 aliphatic carbocycles. The lowest BCUT2D eigenvalue weighted by Gasteiger charge is -2.11. The van der Waals surface area contributed by atoms with Crippen LogP contribution < -0.4 is 20.1 Å². The van der Waals surface area contributed by atoms with E-state index >= 15 is 0 Å². The van der Waals surface area contributed by atoms with Crippen molar-refractivity contribution in [1.82, 2.24) is 10.6 Å². The molecule has 0 aliphatic heterocycles. The summed E-state index contributed by atoms with van der Waals surface area (Å²) in [5.74, 6) is 0.745. The molecule has 0 aromatic heterocycles. The van der Waals surface area contributed by atoms with Crippen molar-refractivity contribution < 1.29 is 19.1 Å². The summed E-state index contributed by atoms with van der Waals surface area (Å²) >= 11 is 0. The standard InChI is InChI=1S/C20H24N2O4/c1-14-5-4-6-15(9-14)12-21-20(24)13-22-19(23)11-16-10-17(25-2)7-8-18(16)26-3/h4-10H,11-13H2,1-3H3,(H,21,24)(H,22,23). The Bertz CT molecular complexity index is 774. The highest BCUT2D eigenvalue weighted by Gasteiger charge is 2.11. The van der Waals surface area contributed by atoms with E-state index in [1.54, 1.807) is 32.4 Å². The zero-order valence-corrected chi connectivity index (χ0v) is 15.3. The average molecular weight is 356 g/mol. The highest BCUT2D eigenvalue weighted by molar-refractivity contribution is 5.86. The number of benzene rings is 2. The third-order valence-electron chi connectivity index (χ3n) is 3.86. The number of aryl methyl sites for hydroxylation is 1. The summed E-state index contributed by atoms with van der Waals surface area (Å²) in [5, 5.41) is 5.41. The zero-order chi connectivity index (χ0) is 18.9. The van der Waals surface area contributed by atoms with E-state index in [2.05, 4.69) is 10.6 Å². The Kier molecular flexibility index (Phi) is 7.02. The van der Waals surface area contributed by atoms with E-state index in [9.17, 15) is 9.59 Å². The number of nitrogens with one attached hydrogen (secondary N) is 2. The van der Waals surface area contributed by atoms with Gasteiger partial charge in [-0.1, -0.05) is 29.8 Å². The first-order valence-corrected chi connectivity index (χ1v) is 8.31. The molecule has 2 N–H and O–H groups in total. The van der Waals surface area contributed by atoms with Gasteiger partial charge in [-0.3, -0.25) is 9.59 Å². The Morgan fingerprint density at radius 1 is 0.962 bits per heavy atom. The number of methoxy groups -OCH3 is 2. The van der Waals surface area contributed by atoms with Crippen LogP contribution in [0.15, 0.2) is 42.5 Å². The Hall–Kier alpha value is -3.02. The molecule has 6 heteroatoms. The third-order valence-corrected chi connectivity index (χ3v) is 3.86. The van der Waals surface area contributed by atoms with Crippen LogP contribution in [0.3, 0.4) is 0 Å². The molecule has 26 heavy (non-hydrogen) atoms. The van der Waals surface area contributed by atoms with Crippen LogP contribution in [-0.2, 0) is 22.6 Å². The monoisotopic (exact) mass is 356 g/mol. The molecule has 0 saturated carbocycles. The Morgan fingerprint density at radius 3 is 2.46 bits per heavy atom. The number of amides is 2. The molecular weight excluding hydrogens is 332 g/mol. The van der Waals surface area contributed by atoms with Crippen LogP contribution in [0.4, 0.5) is 0 Å². The molecule has 0 heterocycles. The lowest BCUT2D eigenvalue weighted by Crippen LogP contribution is -2.37. The van der Waals surface area contributed by atoms with Crippen molar-refractivity contribution in [3.63, 3.8) is 0 Å². The molecule has 2 rings (SSSR count). The maximum atomic E-state index is 12.1. The van der Waals surface area contributed by atoms with Crippen LogP contribution in [0.5, 0.6) is 11.5 Å². The predicted octanol–water partition coefficient (Wildman–Crippen LogP) is 1.99. The molecule has 2 aromatic carbocycles. The van der Waals surface area contributed by atoms with E-state index in [-0.39, 0.29) is 24.8 Å². The van der Waals surface area contributed by atoms with Gasteiger partial charge in [-0.2, -0.15) is 0 Å². The first kappa shape index (κ1) is 19.3. The molecule has 0 aliphatic rings. The Labute approximate surface area is 153 Å². The minimum atomic E-state index is -0.262. The first-order valence-electron chi connectivity index (χ1n) is 8.31. The van der Waals surface area contributed by atoms with Gasteiger partial charge in [0.1, 0.15) is 11.5 Å². The second-order valence-corrected chi connectivity index (χ2v) is 5.90. The van der Waals surface area contributed by atoms with E-state index in [1.807, 2.05) is 31.2 Å². The number of hydrogen-bond donors (Lipinski definition) is 2. The minimum absolute atomic E-state index is 0.0725. The first-order chi connectivity index (χ1) is 12.5. The number of rotatable bonds is 8. The number of carbonyl (C=O) groups excluding carboxylic acids is 2. The maximum absolute atomic E-state index is 12.1. The van der Waals surface area contributed by atoms with E-state index in [0.29, 0.717) is 23.6 Å². The highest BCUT2D eigenvalue weighted by Crippen LogP contribution is 2.24. The fraction of sp³-hybridized carbons (Fsp3) is 0.300. The second kappa shape index (κ2) is 9.46. The van der Waals surface area contributed by atoms with Crippen molar-refractivity contribution in [2.75, 3.05) is 20.8 Å². The largest absolute Gasteiger partial charge is 0.497 e. The van der Waals surface area contributed by atoms with Crippen molar-refractivity contribution in [3.05, 3.63) is 59.2 Å². The fourth-order valence-corrected chi connectivity index (χ4v) is 2.52. The molecule has 0 atom stereocenters. The van der Waals surface area contributed by atoms with E-state index in [1.165, 1.54) is 0 Å². The number of hydrogen-bond acceptors (Lipinski definition) is 4. The smallest absolute Gasteiger partial charge is 0.239 e. The molecular formula is C20H24N2O4. The minimum Gasteiger partial charge on any atom is -0.497 e. The third kappa shape index (κ3) is 5.81. The molecule has 138 valence electrons. The van der Waals surface area contributed by atoms with Gasteiger partial charge in [-0.25, -0.2) is 0 Å². The van der Waals surface area contributed by atoms with Gasteiger partial charge in [0, 0.05) is 12.1 Å². The summed E-state index contributed by atoms with van der Waals surface area (Å²) in [6.07, 6.45) is 0.103. The van der Waals surface area contributed by atoms with Gasteiger partial charge in [-0.15, -0.1) is 0 Å². The van der Waals surface area contributed by atoms with Crippen molar-refractivity contribution in [3.8, 4) is 11.5 Å². The van der Waals surface area contributed by atoms with Crippen LogP contribution in [-0.4, -0.2) is 32.6 Å². The molecule has 0 unspecified atom stereocenters. The normalized spacial score (nSPS) is 10.1. The summed E-state index contributed by atoms with van der Waals surface area (Å²) in [6, 6.07) is 13.2. The average Bonchev–Trinajstić information content (AvgIpc) is 2.64. The van der Waals surface area contributed by atoms with Gasteiger partial charge in [0.05, 0.1) is 27.2 Å². The van der Waals surface area contributed by atoms with Crippen LogP contribution in [0.1, 0.15) is 16.7 Å². The van der Waals surface area contributed by atoms with Crippen molar-refractivity contribution in [2.45, 2.75) is 19.9 Å². The summed E-state index contributed by atoms with van der Waals surface area (Å²) in [6.45, 7) is 2.36. The van der Waals surface area contributed by atoms with E-state index in [4.69, 9.17) is 9.47 Å². The number of ether oxygens (including phenoxy) is 2. The summed E-state index contributed by atoms with van der Waals surface area (Å²) in [4.78, 5) is 24.0. The molecule has 0 radical (unpaired) electrons. The highest BCUT2D eigenvalue weighted by atomic mass is 16.5. The molecule has 0 spiro atoms. The summed E-state index contributed by atoms with van der Waals surface area (Å²) in [5.41, 5.74) is 2.85. The molecule has 0 fully saturated rings. The Balaban J connectivity index is 1.82. The fourth-order valence-electron chi connectivity index (χ4n) is 2.52. The van der Waals surface area contributed by atoms with Crippen LogP contribution >= 0.6 is 0 Å². The van der Waals surface area contributed by atoms with Gasteiger partial charge < -0.3 is 20.1 Å². The van der Waals surface area contributed by atoms with Gasteiger partial charge in [-0.05, 0) is 30.7 Å². The van der Waals surface area contributed by atoms with Crippen LogP contribution in [0.2, 0.25) is 0 Å². The summed E-state index contributed by atoms with van der Waals surface area (Å²) < 4.78 is 10.4. The lowest BCUT2D eigenvalue weighted by molar-refractivity contribution is -0.125. The summed E-state index contributed by atoms with van der Waals surface area (Å²) in [7, 11) is 3.10. The SMILES string of the molecule is COc1ccc(OC)c(CC(=O)NCC(=O)NCc2cccc(C)c2)c1. The molecule has 0 saturated heterocycles. The second-order valence-electron chi connectivity index (χ2n) is 5.90. The van der Waals surface area contributed by atoms with Gasteiger partial charge in [0.25, 0.3) is 0 Å². The van der Waals surface area contributed by atoms with E-state index in [0.717, 1.165) is 11.1 Å². The van der Waals surface area contributed by atoms with Crippen LogP contribution in [0, 0.1) is 6.92 Å². The van der Waals surface area contributed by atoms with Gasteiger partial charge in [0.15, 0.2) is 0 Å². The van der Waals surface area contributed by atoms with Gasteiger partial charge in [0.2, 0.25) is 11.8 Å². The predicted molar refractivity (Wildman–Crippen MR) is 99.3 cm³/mol. The van der Waals surface area contributed by atoms with Crippen molar-refractivity contribution in [1.29, 1.82) is 0 Å². The zero-order valence-electron chi connectivity index (χ0n) is 15.3. The topological polar surface area (TPSA) is 76.7 Å². The maximum Gasteiger partial charge on any atom is 0.239 e. The number of carbonyl (C=O) groups is 2. The molecule has 6 nitrogen and oxygen atoms in total. The van der Waals surface area contributed by atoms with Gasteiger partial charge >= 0.3 is 0 Å². The lowest BCUT2D eigenvalue weighted by atomic mass is 10.1. The van der Waals surface area contributed by atoms with Crippen LogP contribution in [0.25, 0.3) is 0 Å². The van der Waals surface area contributed by atoms with Crippen molar-refractivity contribution >= 4 is 11.8 Å².